The fraction of sp³-hybridized carbons (Fsp3) is 0.750. The van der Waals surface area contributed by atoms with Crippen LogP contribution in [0.25, 0.3) is 0 Å². The molecule has 0 aromatic carbocycles. The molecule has 0 radical (unpaired) electrons. The maximum Gasteiger partial charge on any atom is 0.323 e. The molecule has 0 amide bonds. The molecule has 6 heteroatoms. The van der Waals surface area contributed by atoms with Gasteiger partial charge in [0.05, 0.1) is 18.8 Å². The minimum absolute atomic E-state index is 0.128. The lowest BCUT2D eigenvalue weighted by molar-refractivity contribution is -0.149. The SMILES string of the molecule is CCOC(=O)[C@H](C)N1CCC(n2ccnn2)CC1. The molecule has 100 valence electrons. The Morgan fingerprint density at radius 2 is 2.22 bits per heavy atom. The van der Waals surface area contributed by atoms with E-state index in [0.29, 0.717) is 12.6 Å². The van der Waals surface area contributed by atoms with Gasteiger partial charge in [-0.1, -0.05) is 5.21 Å². The van der Waals surface area contributed by atoms with Crippen molar-refractivity contribution in [2.24, 2.45) is 0 Å². The lowest BCUT2D eigenvalue weighted by Gasteiger charge is -2.34. The van der Waals surface area contributed by atoms with Crippen LogP contribution in [0.3, 0.4) is 0 Å². The smallest absolute Gasteiger partial charge is 0.323 e. The summed E-state index contributed by atoms with van der Waals surface area (Å²) in [5, 5.41) is 7.86. The summed E-state index contributed by atoms with van der Waals surface area (Å²) in [5.74, 6) is -0.128. The molecule has 0 N–H and O–H groups in total. The van der Waals surface area contributed by atoms with Gasteiger partial charge in [-0.15, -0.1) is 5.10 Å². The zero-order valence-electron chi connectivity index (χ0n) is 11.0. The zero-order valence-corrected chi connectivity index (χ0v) is 11.0. The van der Waals surface area contributed by atoms with E-state index in [1.165, 1.54) is 0 Å². The second-order valence-corrected chi connectivity index (χ2v) is 4.58. The van der Waals surface area contributed by atoms with Gasteiger partial charge in [0.2, 0.25) is 0 Å². The standard InChI is InChI=1S/C12H20N4O2/c1-3-18-12(17)10(2)15-7-4-11(5-8-15)16-9-6-13-14-16/h6,9-11H,3-5,7-8H2,1-2H3/t10-/m0/s1. The van der Waals surface area contributed by atoms with Gasteiger partial charge in [-0.25, -0.2) is 4.68 Å². The Balaban J connectivity index is 1.84. The summed E-state index contributed by atoms with van der Waals surface area (Å²) < 4.78 is 6.96. The van der Waals surface area contributed by atoms with E-state index in [4.69, 9.17) is 4.74 Å². The highest BCUT2D eigenvalue weighted by molar-refractivity contribution is 5.75. The van der Waals surface area contributed by atoms with Gasteiger partial charge in [0.25, 0.3) is 0 Å². The molecule has 1 saturated heterocycles. The predicted octanol–water partition coefficient (Wildman–Crippen LogP) is 0.867. The van der Waals surface area contributed by atoms with E-state index >= 15 is 0 Å². The van der Waals surface area contributed by atoms with E-state index in [0.717, 1.165) is 25.9 Å². The Bertz CT molecular complexity index is 371. The van der Waals surface area contributed by atoms with Gasteiger partial charge in [-0.2, -0.15) is 0 Å². The van der Waals surface area contributed by atoms with Gasteiger partial charge in [-0.05, 0) is 26.7 Å². The van der Waals surface area contributed by atoms with Crippen LogP contribution < -0.4 is 0 Å². The molecular weight excluding hydrogens is 232 g/mol. The van der Waals surface area contributed by atoms with Crippen molar-refractivity contribution in [3.63, 3.8) is 0 Å². The molecule has 1 fully saturated rings. The van der Waals surface area contributed by atoms with Gasteiger partial charge in [0, 0.05) is 19.3 Å². The maximum absolute atomic E-state index is 11.7. The first-order valence-corrected chi connectivity index (χ1v) is 6.49. The first kappa shape index (κ1) is 13.0. The molecule has 6 nitrogen and oxygen atoms in total. The van der Waals surface area contributed by atoms with Crippen LogP contribution in [-0.4, -0.2) is 51.6 Å². The van der Waals surface area contributed by atoms with Crippen molar-refractivity contribution < 1.29 is 9.53 Å². The highest BCUT2D eigenvalue weighted by atomic mass is 16.5. The summed E-state index contributed by atoms with van der Waals surface area (Å²) in [6.45, 7) is 5.98. The van der Waals surface area contributed by atoms with Crippen molar-refractivity contribution in [3.05, 3.63) is 12.4 Å². The summed E-state index contributed by atoms with van der Waals surface area (Å²) in [5.41, 5.74) is 0. The number of likely N-dealkylation sites (tertiary alicyclic amines) is 1. The maximum atomic E-state index is 11.7. The van der Waals surface area contributed by atoms with Gasteiger partial charge >= 0.3 is 5.97 Å². The molecule has 0 aliphatic carbocycles. The highest BCUT2D eigenvalue weighted by Crippen LogP contribution is 2.22. The number of carbonyl (C=O) groups is 1. The van der Waals surface area contributed by atoms with E-state index < -0.39 is 0 Å². The largest absolute Gasteiger partial charge is 0.465 e. The van der Waals surface area contributed by atoms with Crippen molar-refractivity contribution in [3.8, 4) is 0 Å². The molecule has 2 heterocycles. The molecule has 0 unspecified atom stereocenters. The second kappa shape index (κ2) is 5.95. The predicted molar refractivity (Wildman–Crippen MR) is 66.0 cm³/mol. The molecule has 0 bridgehead atoms. The van der Waals surface area contributed by atoms with Crippen LogP contribution in [0, 0.1) is 0 Å². The molecule has 1 atom stereocenters. The van der Waals surface area contributed by atoms with E-state index in [9.17, 15) is 4.79 Å². The van der Waals surface area contributed by atoms with E-state index in [1.807, 2.05) is 24.7 Å². The summed E-state index contributed by atoms with van der Waals surface area (Å²) in [6.07, 6.45) is 5.59. The number of esters is 1. The first-order chi connectivity index (χ1) is 8.72. The number of rotatable bonds is 4. The number of hydrogen-bond acceptors (Lipinski definition) is 5. The topological polar surface area (TPSA) is 60.2 Å². The quantitative estimate of drug-likeness (QED) is 0.744. The lowest BCUT2D eigenvalue weighted by atomic mass is 10.0. The third-order valence-electron chi connectivity index (χ3n) is 3.49. The Morgan fingerprint density at radius 1 is 1.50 bits per heavy atom. The second-order valence-electron chi connectivity index (χ2n) is 4.58. The van der Waals surface area contributed by atoms with Crippen LogP contribution in [-0.2, 0) is 9.53 Å². The van der Waals surface area contributed by atoms with Crippen molar-refractivity contribution in [1.29, 1.82) is 0 Å². The number of ether oxygens (including phenoxy) is 1. The number of hydrogen-bond donors (Lipinski definition) is 0. The lowest BCUT2D eigenvalue weighted by Crippen LogP contribution is -2.45. The third-order valence-corrected chi connectivity index (χ3v) is 3.49. The van der Waals surface area contributed by atoms with Crippen molar-refractivity contribution >= 4 is 5.97 Å². The monoisotopic (exact) mass is 252 g/mol. The van der Waals surface area contributed by atoms with Crippen molar-refractivity contribution in [2.75, 3.05) is 19.7 Å². The number of nitrogens with zero attached hydrogens (tertiary/aromatic N) is 4. The van der Waals surface area contributed by atoms with Crippen LogP contribution in [0.1, 0.15) is 32.7 Å². The Hall–Kier alpha value is -1.43. The summed E-state index contributed by atoms with van der Waals surface area (Å²) >= 11 is 0. The summed E-state index contributed by atoms with van der Waals surface area (Å²) in [6, 6.07) is 0.250. The highest BCUT2D eigenvalue weighted by Gasteiger charge is 2.28. The van der Waals surface area contributed by atoms with E-state index in [-0.39, 0.29) is 12.0 Å². The average molecular weight is 252 g/mol. The molecule has 1 aromatic rings. The molecule has 0 spiro atoms. The first-order valence-electron chi connectivity index (χ1n) is 6.49. The summed E-state index contributed by atoms with van der Waals surface area (Å²) in [4.78, 5) is 13.8. The summed E-state index contributed by atoms with van der Waals surface area (Å²) in [7, 11) is 0. The molecule has 18 heavy (non-hydrogen) atoms. The number of carbonyl (C=O) groups excluding carboxylic acids is 1. The van der Waals surface area contributed by atoms with E-state index in [2.05, 4.69) is 15.2 Å². The number of aromatic nitrogens is 3. The fourth-order valence-electron chi connectivity index (χ4n) is 2.36. The Kier molecular flexibility index (Phi) is 4.30. The Morgan fingerprint density at radius 3 is 2.78 bits per heavy atom. The van der Waals surface area contributed by atoms with E-state index in [1.54, 1.807) is 6.20 Å². The molecule has 1 aromatic heterocycles. The minimum atomic E-state index is -0.151. The molecule has 1 aliphatic rings. The molecular formula is C12H20N4O2. The van der Waals surface area contributed by atoms with Crippen LogP contribution >= 0.6 is 0 Å². The zero-order chi connectivity index (χ0) is 13.0. The van der Waals surface area contributed by atoms with Crippen LogP contribution in [0.15, 0.2) is 12.4 Å². The van der Waals surface area contributed by atoms with Gasteiger partial charge in [-0.3, -0.25) is 9.69 Å². The van der Waals surface area contributed by atoms with Crippen molar-refractivity contribution in [1.82, 2.24) is 19.9 Å². The third kappa shape index (κ3) is 2.87. The van der Waals surface area contributed by atoms with Gasteiger partial charge in [0.15, 0.2) is 0 Å². The Labute approximate surface area is 107 Å². The van der Waals surface area contributed by atoms with Crippen LogP contribution in [0.5, 0.6) is 0 Å². The fourth-order valence-corrected chi connectivity index (χ4v) is 2.36. The van der Waals surface area contributed by atoms with Crippen LogP contribution in [0.2, 0.25) is 0 Å². The number of piperidine rings is 1. The van der Waals surface area contributed by atoms with Gasteiger partial charge < -0.3 is 4.74 Å². The average Bonchev–Trinajstić information content (AvgIpc) is 2.92. The van der Waals surface area contributed by atoms with Crippen molar-refractivity contribution in [2.45, 2.75) is 38.8 Å². The molecule has 0 saturated carbocycles. The van der Waals surface area contributed by atoms with Gasteiger partial charge in [0.1, 0.15) is 6.04 Å². The normalized spacial score (nSPS) is 19.7. The molecule has 2 rings (SSSR count). The van der Waals surface area contributed by atoms with Crippen LogP contribution in [0.4, 0.5) is 0 Å². The molecule has 1 aliphatic heterocycles. The minimum Gasteiger partial charge on any atom is -0.465 e.